The van der Waals surface area contributed by atoms with Crippen molar-refractivity contribution in [2.24, 2.45) is 36.1 Å². The second-order valence-electron chi connectivity index (χ2n) is 9.51. The molecule has 5 aliphatic rings. The minimum Gasteiger partial charge on any atom is -0.345 e. The average Bonchev–Trinajstić information content (AvgIpc) is 3.19. The fourth-order valence-electron chi connectivity index (χ4n) is 6.82. The monoisotopic (exact) mass is 327 g/mol. The first kappa shape index (κ1) is 15.0. The van der Waals surface area contributed by atoms with Crippen molar-refractivity contribution in [3.8, 4) is 0 Å². The van der Waals surface area contributed by atoms with Gasteiger partial charge in [-0.15, -0.1) is 0 Å². The highest BCUT2D eigenvalue weighted by molar-refractivity contribution is 5.82. The number of amides is 1. The number of nitrogens with zero attached hydrogens (tertiary/aromatic N) is 3. The molecule has 0 N–H and O–H groups in total. The summed E-state index contributed by atoms with van der Waals surface area (Å²) in [6.07, 6.45) is 13.6. The van der Waals surface area contributed by atoms with E-state index < -0.39 is 0 Å². The minimum atomic E-state index is 0.202. The summed E-state index contributed by atoms with van der Waals surface area (Å²) in [5, 5.41) is 4.26. The maximum Gasteiger partial charge on any atom is 0.226 e. The molecule has 1 aromatic rings. The van der Waals surface area contributed by atoms with E-state index in [1.54, 1.807) is 0 Å². The highest BCUT2D eigenvalue weighted by Gasteiger charge is 2.52. The van der Waals surface area contributed by atoms with E-state index in [1.807, 2.05) is 17.9 Å². The lowest BCUT2D eigenvalue weighted by atomic mass is 9.49. The van der Waals surface area contributed by atoms with Crippen molar-refractivity contribution in [3.05, 3.63) is 18.0 Å². The first-order valence-electron chi connectivity index (χ1n) is 9.75. The van der Waals surface area contributed by atoms with Gasteiger partial charge in [0.05, 0.1) is 6.20 Å². The number of hydrogen-bond acceptors (Lipinski definition) is 2. The number of aryl methyl sites for hydroxylation is 1. The van der Waals surface area contributed by atoms with E-state index in [2.05, 4.69) is 23.2 Å². The molecule has 6 rings (SSSR count). The summed E-state index contributed by atoms with van der Waals surface area (Å²) in [6.45, 7) is 1.01. The van der Waals surface area contributed by atoms with Gasteiger partial charge >= 0.3 is 0 Å². The average molecular weight is 327 g/mol. The number of rotatable bonds is 4. The van der Waals surface area contributed by atoms with Gasteiger partial charge in [0.15, 0.2) is 0 Å². The molecule has 5 fully saturated rings. The maximum atomic E-state index is 12.9. The highest BCUT2D eigenvalue weighted by atomic mass is 16.2. The molecular formula is C20H29N3O. The molecule has 130 valence electrons. The van der Waals surface area contributed by atoms with Crippen LogP contribution in [0.5, 0.6) is 0 Å². The second kappa shape index (κ2) is 5.09. The minimum absolute atomic E-state index is 0.202. The summed E-state index contributed by atoms with van der Waals surface area (Å²) < 4.78 is 1.84. The molecule has 0 unspecified atom stereocenters. The standard InChI is InChI=1S/C20H29N3O/c1-22(19(24)18-6-17(18)16-10-21-23(2)11-16)12-20-7-13-3-14(8-20)5-15(4-13)9-20/h10-11,13-15,17-18H,3-9,12H2,1-2H3/t13?,14?,15?,17-,18+,20?/m0/s1. The number of carbonyl (C=O) groups excluding carboxylic acids is 1. The maximum absolute atomic E-state index is 12.9. The molecule has 0 radical (unpaired) electrons. The highest BCUT2D eigenvalue weighted by Crippen LogP contribution is 2.60. The number of carbonyl (C=O) groups is 1. The Morgan fingerprint density at radius 1 is 1.21 bits per heavy atom. The van der Waals surface area contributed by atoms with Crippen LogP contribution < -0.4 is 0 Å². The summed E-state index contributed by atoms with van der Waals surface area (Å²) in [4.78, 5) is 15.0. The molecule has 5 aliphatic carbocycles. The van der Waals surface area contributed by atoms with Gasteiger partial charge in [0.25, 0.3) is 0 Å². The fraction of sp³-hybridized carbons (Fsp3) is 0.800. The predicted octanol–water partition coefficient (Wildman–Crippen LogP) is 3.20. The van der Waals surface area contributed by atoms with Crippen molar-refractivity contribution in [2.75, 3.05) is 13.6 Å². The van der Waals surface area contributed by atoms with E-state index in [4.69, 9.17) is 0 Å². The summed E-state index contributed by atoms with van der Waals surface area (Å²) in [5.74, 6) is 3.87. The molecule has 5 saturated carbocycles. The number of aromatic nitrogens is 2. The van der Waals surface area contributed by atoms with E-state index in [9.17, 15) is 4.79 Å². The molecule has 0 saturated heterocycles. The third kappa shape index (κ3) is 2.41. The first-order chi connectivity index (χ1) is 11.5. The van der Waals surface area contributed by atoms with Crippen LogP contribution in [0.15, 0.2) is 12.4 Å². The van der Waals surface area contributed by atoms with Crippen molar-refractivity contribution in [2.45, 2.75) is 50.9 Å². The summed E-state index contributed by atoms with van der Waals surface area (Å²) in [5.41, 5.74) is 1.69. The molecule has 2 atom stereocenters. The zero-order chi connectivity index (χ0) is 16.5. The van der Waals surface area contributed by atoms with Crippen LogP contribution in [0.25, 0.3) is 0 Å². The summed E-state index contributed by atoms with van der Waals surface area (Å²) in [7, 11) is 4.00. The lowest BCUT2D eigenvalue weighted by molar-refractivity contribution is -0.136. The van der Waals surface area contributed by atoms with Crippen LogP contribution in [0, 0.1) is 29.1 Å². The van der Waals surface area contributed by atoms with Gasteiger partial charge in [0.1, 0.15) is 0 Å². The summed E-state index contributed by atoms with van der Waals surface area (Å²) in [6, 6.07) is 0. The van der Waals surface area contributed by atoms with Crippen LogP contribution in [-0.2, 0) is 11.8 Å². The number of hydrogen-bond donors (Lipinski definition) is 0. The molecular weight excluding hydrogens is 298 g/mol. The summed E-state index contributed by atoms with van der Waals surface area (Å²) >= 11 is 0. The Morgan fingerprint density at radius 2 is 1.83 bits per heavy atom. The lowest BCUT2D eigenvalue weighted by Crippen LogP contribution is -2.51. The van der Waals surface area contributed by atoms with Crippen LogP contribution >= 0.6 is 0 Å². The van der Waals surface area contributed by atoms with Gasteiger partial charge < -0.3 is 4.90 Å². The van der Waals surface area contributed by atoms with E-state index in [1.165, 1.54) is 44.1 Å². The Hall–Kier alpha value is -1.32. The van der Waals surface area contributed by atoms with Gasteiger partial charge in [-0.1, -0.05) is 0 Å². The van der Waals surface area contributed by atoms with E-state index in [0.717, 1.165) is 30.7 Å². The van der Waals surface area contributed by atoms with Gasteiger partial charge in [-0.2, -0.15) is 5.10 Å². The molecule has 24 heavy (non-hydrogen) atoms. The molecule has 4 heteroatoms. The Bertz CT molecular complexity index is 628. The Balaban J connectivity index is 1.25. The topological polar surface area (TPSA) is 38.1 Å². The van der Waals surface area contributed by atoms with Crippen LogP contribution in [0.4, 0.5) is 0 Å². The quantitative estimate of drug-likeness (QED) is 0.852. The molecule has 1 aromatic heterocycles. The molecule has 0 spiro atoms. The zero-order valence-corrected chi connectivity index (χ0v) is 14.9. The predicted molar refractivity (Wildman–Crippen MR) is 92.3 cm³/mol. The second-order valence-corrected chi connectivity index (χ2v) is 9.51. The van der Waals surface area contributed by atoms with E-state index >= 15 is 0 Å². The van der Waals surface area contributed by atoms with Crippen LogP contribution in [0.2, 0.25) is 0 Å². The SMILES string of the molecule is CN(CC12CC3CC(CC(C3)C1)C2)C(=O)[C@@H]1C[C@H]1c1cnn(C)c1. The third-order valence-electron chi connectivity index (χ3n) is 7.37. The van der Waals surface area contributed by atoms with Crippen LogP contribution in [0.3, 0.4) is 0 Å². The normalized spacial score (nSPS) is 42.3. The van der Waals surface area contributed by atoms with Crippen LogP contribution in [-0.4, -0.2) is 34.2 Å². The Labute approximate surface area is 144 Å². The molecule has 1 heterocycles. The van der Waals surface area contributed by atoms with Crippen molar-refractivity contribution < 1.29 is 4.79 Å². The van der Waals surface area contributed by atoms with Crippen molar-refractivity contribution in [1.82, 2.24) is 14.7 Å². The van der Waals surface area contributed by atoms with E-state index in [-0.39, 0.29) is 5.92 Å². The fourth-order valence-corrected chi connectivity index (χ4v) is 6.82. The van der Waals surface area contributed by atoms with E-state index in [0.29, 0.717) is 17.2 Å². The van der Waals surface area contributed by atoms with Crippen molar-refractivity contribution >= 4 is 5.91 Å². The molecule has 0 aliphatic heterocycles. The molecule has 0 aromatic carbocycles. The van der Waals surface area contributed by atoms with Gasteiger partial charge in [-0.05, 0) is 79.6 Å². The van der Waals surface area contributed by atoms with Gasteiger partial charge in [0, 0.05) is 32.8 Å². The first-order valence-corrected chi connectivity index (χ1v) is 9.75. The largest absolute Gasteiger partial charge is 0.345 e. The van der Waals surface area contributed by atoms with Gasteiger partial charge in [0.2, 0.25) is 5.91 Å². The van der Waals surface area contributed by atoms with Crippen molar-refractivity contribution in [1.29, 1.82) is 0 Å². The molecule has 1 amide bonds. The third-order valence-corrected chi connectivity index (χ3v) is 7.37. The van der Waals surface area contributed by atoms with Crippen molar-refractivity contribution in [3.63, 3.8) is 0 Å². The molecule has 4 nitrogen and oxygen atoms in total. The lowest BCUT2D eigenvalue weighted by Gasteiger charge is -2.57. The molecule has 4 bridgehead atoms. The Kier molecular flexibility index (Phi) is 3.18. The van der Waals surface area contributed by atoms with Crippen LogP contribution in [0.1, 0.15) is 56.4 Å². The Morgan fingerprint density at radius 3 is 2.38 bits per heavy atom. The zero-order valence-electron chi connectivity index (χ0n) is 14.9. The smallest absolute Gasteiger partial charge is 0.226 e. The van der Waals surface area contributed by atoms with Gasteiger partial charge in [-0.25, -0.2) is 0 Å². The van der Waals surface area contributed by atoms with Gasteiger partial charge in [-0.3, -0.25) is 9.48 Å².